The average molecular weight is 277 g/mol. The number of nitrogens with one attached hydrogen (secondary N) is 1. The van der Waals surface area contributed by atoms with Gasteiger partial charge in [0.15, 0.2) is 0 Å². The Balaban J connectivity index is 3.06. The van der Waals surface area contributed by atoms with Gasteiger partial charge in [-0.1, -0.05) is 11.6 Å². The van der Waals surface area contributed by atoms with Crippen LogP contribution in [0.2, 0.25) is 5.02 Å². The number of halogens is 2. The predicted molar refractivity (Wildman–Crippen MR) is 66.5 cm³/mol. The number of hydrogen-bond donors (Lipinski definition) is 1. The molecule has 18 heavy (non-hydrogen) atoms. The fourth-order valence-corrected chi connectivity index (χ4v) is 1.78. The summed E-state index contributed by atoms with van der Waals surface area (Å²) in [6.07, 6.45) is 0.286. The van der Waals surface area contributed by atoms with E-state index < -0.39 is 10.7 Å². The second kappa shape index (κ2) is 6.63. The van der Waals surface area contributed by atoms with Crippen LogP contribution in [0.4, 0.5) is 10.1 Å². The molecule has 1 aromatic rings. The Kier molecular flexibility index (Phi) is 5.46. The van der Waals surface area contributed by atoms with Gasteiger partial charge in [0.1, 0.15) is 5.82 Å². The first kappa shape index (κ1) is 14.8. The second-order valence-electron chi connectivity index (χ2n) is 3.80. The second-order valence-corrected chi connectivity index (χ2v) is 4.20. The van der Waals surface area contributed by atoms with Crippen molar-refractivity contribution in [3.05, 3.63) is 38.7 Å². The van der Waals surface area contributed by atoms with Gasteiger partial charge in [-0.3, -0.25) is 10.1 Å². The van der Waals surface area contributed by atoms with E-state index in [0.29, 0.717) is 12.2 Å². The Labute approximate surface area is 109 Å². The zero-order valence-electron chi connectivity index (χ0n) is 10.1. The maximum absolute atomic E-state index is 13.4. The summed E-state index contributed by atoms with van der Waals surface area (Å²) in [5, 5.41) is 13.6. The molecule has 0 bridgehead atoms. The van der Waals surface area contributed by atoms with Crippen LogP contribution in [0.15, 0.2) is 12.1 Å². The minimum atomic E-state index is -0.662. The number of benzene rings is 1. The zero-order valence-corrected chi connectivity index (χ0v) is 10.8. The van der Waals surface area contributed by atoms with Crippen LogP contribution in [0.3, 0.4) is 0 Å². The Bertz CT molecular complexity index is 443. The molecule has 1 N–H and O–H groups in total. The first-order valence-corrected chi connectivity index (χ1v) is 5.66. The Morgan fingerprint density at radius 2 is 2.28 bits per heavy atom. The van der Waals surface area contributed by atoms with Crippen LogP contribution in [0.25, 0.3) is 0 Å². The molecule has 0 aliphatic carbocycles. The molecule has 1 aromatic carbocycles. The molecule has 1 unspecified atom stereocenters. The number of nitro groups is 1. The van der Waals surface area contributed by atoms with Crippen LogP contribution in [0, 0.1) is 15.9 Å². The monoisotopic (exact) mass is 276 g/mol. The van der Waals surface area contributed by atoms with Gasteiger partial charge in [0.25, 0.3) is 5.69 Å². The molecule has 0 spiro atoms. The van der Waals surface area contributed by atoms with E-state index in [1.165, 1.54) is 7.11 Å². The summed E-state index contributed by atoms with van der Waals surface area (Å²) < 4.78 is 18.3. The summed E-state index contributed by atoms with van der Waals surface area (Å²) in [5.41, 5.74) is 0.107. The van der Waals surface area contributed by atoms with E-state index in [1.807, 2.05) is 0 Å². The number of nitro benzene ring substituents is 1. The third kappa shape index (κ3) is 3.63. The molecule has 0 saturated carbocycles. The standard InChI is InChI=1S/C11H14ClFN2O3/c1-14-8(6-18-2)3-7-4-10(13)9(12)5-11(7)15(16)17/h4-5,8,14H,3,6H2,1-2H3. The van der Waals surface area contributed by atoms with Gasteiger partial charge in [0, 0.05) is 24.8 Å². The van der Waals surface area contributed by atoms with Crippen molar-refractivity contribution in [2.45, 2.75) is 12.5 Å². The fourth-order valence-electron chi connectivity index (χ4n) is 1.62. The lowest BCUT2D eigenvalue weighted by molar-refractivity contribution is -0.385. The molecule has 1 rings (SSSR count). The van der Waals surface area contributed by atoms with Gasteiger partial charge in [-0.2, -0.15) is 0 Å². The molecule has 0 fully saturated rings. The molecular weight excluding hydrogens is 263 g/mol. The Hall–Kier alpha value is -1.24. The Morgan fingerprint density at radius 3 is 2.78 bits per heavy atom. The van der Waals surface area contributed by atoms with E-state index in [4.69, 9.17) is 16.3 Å². The molecule has 5 nitrogen and oxygen atoms in total. The van der Waals surface area contributed by atoms with Crippen LogP contribution in [0.5, 0.6) is 0 Å². The molecule has 1 atom stereocenters. The van der Waals surface area contributed by atoms with Gasteiger partial charge < -0.3 is 10.1 Å². The topological polar surface area (TPSA) is 64.4 Å². The molecule has 0 aliphatic rings. The normalized spacial score (nSPS) is 12.4. The van der Waals surface area contributed by atoms with Gasteiger partial charge >= 0.3 is 0 Å². The number of rotatable bonds is 6. The van der Waals surface area contributed by atoms with Gasteiger partial charge in [-0.25, -0.2) is 4.39 Å². The molecule has 0 saturated heterocycles. The number of likely N-dealkylation sites (N-methyl/N-ethyl adjacent to an activating group) is 1. The smallest absolute Gasteiger partial charge is 0.274 e. The maximum Gasteiger partial charge on any atom is 0.274 e. The van der Waals surface area contributed by atoms with Crippen molar-refractivity contribution >= 4 is 17.3 Å². The van der Waals surface area contributed by atoms with Crippen LogP contribution in [-0.2, 0) is 11.2 Å². The van der Waals surface area contributed by atoms with Crippen molar-refractivity contribution in [2.75, 3.05) is 20.8 Å². The van der Waals surface area contributed by atoms with Crippen molar-refractivity contribution in [2.24, 2.45) is 0 Å². The molecule has 7 heteroatoms. The summed E-state index contributed by atoms with van der Waals surface area (Å²) in [7, 11) is 3.24. The van der Waals surface area contributed by atoms with Crippen molar-refractivity contribution in [1.29, 1.82) is 0 Å². The van der Waals surface area contributed by atoms with Crippen molar-refractivity contribution < 1.29 is 14.1 Å². The number of hydrogen-bond acceptors (Lipinski definition) is 4. The van der Waals surface area contributed by atoms with Gasteiger partial charge in [0.05, 0.1) is 16.6 Å². The predicted octanol–water partition coefficient (Wildman–Crippen LogP) is 2.16. The fraction of sp³-hybridized carbons (Fsp3) is 0.455. The van der Waals surface area contributed by atoms with Crippen LogP contribution >= 0.6 is 11.6 Å². The summed E-state index contributed by atoms with van der Waals surface area (Å²) in [4.78, 5) is 10.3. The van der Waals surface area contributed by atoms with E-state index in [2.05, 4.69) is 5.32 Å². The highest BCUT2D eigenvalue weighted by atomic mass is 35.5. The van der Waals surface area contributed by atoms with Crippen molar-refractivity contribution in [3.8, 4) is 0 Å². The SMILES string of the molecule is CNC(COC)Cc1cc(F)c(Cl)cc1[N+](=O)[O-]. The first-order valence-electron chi connectivity index (χ1n) is 5.28. The quantitative estimate of drug-likeness (QED) is 0.639. The summed E-state index contributed by atoms with van der Waals surface area (Å²) in [5.74, 6) is -0.662. The van der Waals surface area contributed by atoms with Crippen molar-refractivity contribution in [3.63, 3.8) is 0 Å². The average Bonchev–Trinajstić information content (AvgIpc) is 2.32. The third-order valence-corrected chi connectivity index (χ3v) is 2.85. The minimum absolute atomic E-state index is 0.130. The summed E-state index contributed by atoms with van der Waals surface area (Å²) in [6, 6.07) is 2.00. The van der Waals surface area contributed by atoms with Crippen molar-refractivity contribution in [1.82, 2.24) is 5.32 Å². The largest absolute Gasteiger partial charge is 0.383 e. The maximum atomic E-state index is 13.4. The zero-order chi connectivity index (χ0) is 13.7. The highest BCUT2D eigenvalue weighted by Gasteiger charge is 2.20. The Morgan fingerprint density at radius 1 is 1.61 bits per heavy atom. The van der Waals surface area contributed by atoms with E-state index in [-0.39, 0.29) is 23.2 Å². The van der Waals surface area contributed by atoms with Gasteiger partial charge in [-0.15, -0.1) is 0 Å². The molecule has 0 aliphatic heterocycles. The molecule has 0 heterocycles. The van der Waals surface area contributed by atoms with Crippen LogP contribution < -0.4 is 5.32 Å². The number of nitrogens with zero attached hydrogens (tertiary/aromatic N) is 1. The van der Waals surface area contributed by atoms with E-state index in [0.717, 1.165) is 12.1 Å². The van der Waals surface area contributed by atoms with E-state index in [1.54, 1.807) is 7.05 Å². The summed E-state index contributed by atoms with van der Waals surface area (Å²) in [6.45, 7) is 0.373. The third-order valence-electron chi connectivity index (χ3n) is 2.56. The molecule has 0 aromatic heterocycles. The van der Waals surface area contributed by atoms with Crippen LogP contribution in [0.1, 0.15) is 5.56 Å². The van der Waals surface area contributed by atoms with Gasteiger partial charge in [0.2, 0.25) is 0 Å². The lowest BCUT2D eigenvalue weighted by Crippen LogP contribution is -2.32. The molecule has 0 radical (unpaired) electrons. The highest BCUT2D eigenvalue weighted by molar-refractivity contribution is 6.31. The molecular formula is C11H14ClFN2O3. The molecule has 100 valence electrons. The lowest BCUT2D eigenvalue weighted by atomic mass is 10.0. The lowest BCUT2D eigenvalue weighted by Gasteiger charge is -2.15. The van der Waals surface area contributed by atoms with Gasteiger partial charge in [-0.05, 0) is 19.5 Å². The van der Waals surface area contributed by atoms with Crippen LogP contribution in [-0.4, -0.2) is 31.7 Å². The van der Waals surface area contributed by atoms with E-state index in [9.17, 15) is 14.5 Å². The number of ether oxygens (including phenoxy) is 1. The first-order chi connectivity index (χ1) is 8.49. The number of methoxy groups -OCH3 is 1. The minimum Gasteiger partial charge on any atom is -0.383 e. The summed E-state index contributed by atoms with van der Waals surface area (Å²) >= 11 is 5.54. The van der Waals surface area contributed by atoms with E-state index >= 15 is 0 Å². The molecule has 0 amide bonds. The highest BCUT2D eigenvalue weighted by Crippen LogP contribution is 2.27.